The normalized spacial score (nSPS) is 18.1. The molecule has 0 aromatic heterocycles. The van der Waals surface area contributed by atoms with Crippen molar-refractivity contribution < 1.29 is 4.79 Å². The molecule has 2 heteroatoms. The Kier molecular flexibility index (Phi) is 2.63. The van der Waals surface area contributed by atoms with Crippen LogP contribution in [0.1, 0.15) is 29.0 Å². The zero-order valence-electron chi connectivity index (χ0n) is 10.3. The van der Waals surface area contributed by atoms with Gasteiger partial charge in [-0.3, -0.25) is 4.79 Å². The van der Waals surface area contributed by atoms with Crippen molar-refractivity contribution in [3.8, 4) is 0 Å². The van der Waals surface area contributed by atoms with E-state index in [-0.39, 0.29) is 11.8 Å². The summed E-state index contributed by atoms with van der Waals surface area (Å²) in [5.74, 6) is 0.273. The number of nitrogens with one attached hydrogen (secondary N) is 1. The van der Waals surface area contributed by atoms with Crippen LogP contribution in [-0.2, 0) is 4.79 Å². The summed E-state index contributed by atoms with van der Waals surface area (Å²) in [6, 6.07) is 16.5. The Bertz CT molecular complexity index is 604. The Hall–Kier alpha value is -2.09. The highest BCUT2D eigenvalue weighted by atomic mass is 16.1. The third kappa shape index (κ3) is 1.90. The molecule has 90 valence electrons. The van der Waals surface area contributed by atoms with Crippen LogP contribution in [0.25, 0.3) is 0 Å². The SMILES string of the molecule is Cc1cccc(C2CC(=O)Nc3ccccc32)c1. The zero-order chi connectivity index (χ0) is 12.5. The van der Waals surface area contributed by atoms with Gasteiger partial charge in [0.1, 0.15) is 0 Å². The largest absolute Gasteiger partial charge is 0.326 e. The molecule has 2 aromatic rings. The van der Waals surface area contributed by atoms with Gasteiger partial charge in [0.25, 0.3) is 0 Å². The molecule has 0 saturated carbocycles. The second kappa shape index (κ2) is 4.30. The number of carbonyl (C=O) groups excluding carboxylic acids is 1. The van der Waals surface area contributed by atoms with Crippen LogP contribution in [0, 0.1) is 6.92 Å². The molecule has 1 N–H and O–H groups in total. The minimum Gasteiger partial charge on any atom is -0.326 e. The van der Waals surface area contributed by atoms with Gasteiger partial charge in [-0.25, -0.2) is 0 Å². The number of hydrogen-bond donors (Lipinski definition) is 1. The molecular formula is C16H15NO. The minimum atomic E-state index is 0.0974. The summed E-state index contributed by atoms with van der Waals surface area (Å²) >= 11 is 0. The lowest BCUT2D eigenvalue weighted by molar-refractivity contribution is -0.116. The van der Waals surface area contributed by atoms with Crippen molar-refractivity contribution in [1.29, 1.82) is 0 Å². The fourth-order valence-corrected chi connectivity index (χ4v) is 2.60. The molecule has 0 bridgehead atoms. The Labute approximate surface area is 107 Å². The smallest absolute Gasteiger partial charge is 0.225 e. The predicted molar refractivity (Wildman–Crippen MR) is 72.7 cm³/mol. The highest BCUT2D eigenvalue weighted by Gasteiger charge is 2.25. The molecule has 2 aromatic carbocycles. The Balaban J connectivity index is 2.10. The van der Waals surface area contributed by atoms with Gasteiger partial charge in [-0.1, -0.05) is 48.0 Å². The van der Waals surface area contributed by atoms with E-state index in [1.165, 1.54) is 16.7 Å². The van der Waals surface area contributed by atoms with Crippen molar-refractivity contribution in [3.63, 3.8) is 0 Å². The summed E-state index contributed by atoms with van der Waals surface area (Å²) in [6.07, 6.45) is 0.528. The van der Waals surface area contributed by atoms with Crippen molar-refractivity contribution in [1.82, 2.24) is 0 Å². The van der Waals surface area contributed by atoms with E-state index in [4.69, 9.17) is 0 Å². The van der Waals surface area contributed by atoms with Gasteiger partial charge in [-0.05, 0) is 24.1 Å². The van der Waals surface area contributed by atoms with Crippen molar-refractivity contribution >= 4 is 11.6 Å². The second-order valence-electron chi connectivity index (χ2n) is 4.81. The topological polar surface area (TPSA) is 29.1 Å². The standard InChI is InChI=1S/C16H15NO/c1-11-5-4-6-12(9-11)14-10-16(18)17-15-8-3-2-7-13(14)15/h2-9,14H,10H2,1H3,(H,17,18). The zero-order valence-corrected chi connectivity index (χ0v) is 10.3. The number of hydrogen-bond acceptors (Lipinski definition) is 1. The number of amides is 1. The van der Waals surface area contributed by atoms with Crippen LogP contribution in [0.15, 0.2) is 48.5 Å². The molecule has 18 heavy (non-hydrogen) atoms. The molecule has 1 atom stereocenters. The average molecular weight is 237 g/mol. The van der Waals surface area contributed by atoms with E-state index >= 15 is 0 Å². The summed E-state index contributed by atoms with van der Waals surface area (Å²) in [7, 11) is 0. The predicted octanol–water partition coefficient (Wildman–Crippen LogP) is 3.47. The number of para-hydroxylation sites is 1. The molecule has 1 unspecified atom stereocenters. The quantitative estimate of drug-likeness (QED) is 0.808. The number of benzene rings is 2. The molecule has 1 heterocycles. The van der Waals surface area contributed by atoms with Gasteiger partial charge in [0.15, 0.2) is 0 Å². The summed E-state index contributed by atoms with van der Waals surface area (Å²) in [5.41, 5.74) is 4.61. The lowest BCUT2D eigenvalue weighted by atomic mass is 9.84. The number of carbonyl (C=O) groups is 1. The van der Waals surface area contributed by atoms with Gasteiger partial charge < -0.3 is 5.32 Å². The Morgan fingerprint density at radius 1 is 1.11 bits per heavy atom. The number of fused-ring (bicyclic) bond motifs is 1. The van der Waals surface area contributed by atoms with Crippen molar-refractivity contribution in [2.75, 3.05) is 5.32 Å². The highest BCUT2D eigenvalue weighted by molar-refractivity contribution is 5.95. The van der Waals surface area contributed by atoms with Gasteiger partial charge in [0.05, 0.1) is 0 Å². The van der Waals surface area contributed by atoms with Crippen LogP contribution >= 0.6 is 0 Å². The minimum absolute atomic E-state index is 0.0974. The molecule has 1 aliphatic rings. The number of aryl methyl sites for hydroxylation is 1. The summed E-state index contributed by atoms with van der Waals surface area (Å²) < 4.78 is 0. The molecule has 1 amide bonds. The first kappa shape index (κ1) is 11.0. The molecule has 0 spiro atoms. The van der Waals surface area contributed by atoms with E-state index in [1.54, 1.807) is 0 Å². The number of anilines is 1. The van der Waals surface area contributed by atoms with E-state index in [2.05, 4.69) is 42.6 Å². The van der Waals surface area contributed by atoms with Gasteiger partial charge in [0.2, 0.25) is 5.91 Å². The van der Waals surface area contributed by atoms with Gasteiger partial charge in [0, 0.05) is 18.0 Å². The Morgan fingerprint density at radius 2 is 1.94 bits per heavy atom. The fourth-order valence-electron chi connectivity index (χ4n) is 2.60. The molecule has 0 radical (unpaired) electrons. The third-order valence-electron chi connectivity index (χ3n) is 3.44. The van der Waals surface area contributed by atoms with Gasteiger partial charge >= 0.3 is 0 Å². The first-order chi connectivity index (χ1) is 8.74. The van der Waals surface area contributed by atoms with Gasteiger partial charge in [-0.2, -0.15) is 0 Å². The van der Waals surface area contributed by atoms with E-state index in [0.717, 1.165) is 5.69 Å². The van der Waals surface area contributed by atoms with E-state index in [9.17, 15) is 4.79 Å². The molecular weight excluding hydrogens is 222 g/mol. The Morgan fingerprint density at radius 3 is 2.78 bits per heavy atom. The highest BCUT2D eigenvalue weighted by Crippen LogP contribution is 2.36. The molecule has 2 nitrogen and oxygen atoms in total. The molecule has 0 fully saturated rings. The summed E-state index contributed by atoms with van der Waals surface area (Å²) in [4.78, 5) is 11.8. The lowest BCUT2D eigenvalue weighted by Crippen LogP contribution is -2.23. The lowest BCUT2D eigenvalue weighted by Gasteiger charge is -2.26. The van der Waals surface area contributed by atoms with Crippen LogP contribution in [-0.4, -0.2) is 5.91 Å². The number of rotatable bonds is 1. The molecule has 0 saturated heterocycles. The summed E-state index contributed by atoms with van der Waals surface area (Å²) in [5, 5.41) is 2.94. The molecule has 1 aliphatic heterocycles. The van der Waals surface area contributed by atoms with Crippen molar-refractivity contribution in [3.05, 3.63) is 65.2 Å². The first-order valence-corrected chi connectivity index (χ1v) is 6.19. The van der Waals surface area contributed by atoms with E-state index in [0.29, 0.717) is 6.42 Å². The van der Waals surface area contributed by atoms with Crippen LogP contribution in [0.4, 0.5) is 5.69 Å². The van der Waals surface area contributed by atoms with Crippen LogP contribution in [0.2, 0.25) is 0 Å². The third-order valence-corrected chi connectivity index (χ3v) is 3.44. The van der Waals surface area contributed by atoms with Crippen LogP contribution < -0.4 is 5.32 Å². The monoisotopic (exact) mass is 237 g/mol. The maximum atomic E-state index is 11.8. The second-order valence-corrected chi connectivity index (χ2v) is 4.81. The first-order valence-electron chi connectivity index (χ1n) is 6.19. The summed E-state index contributed by atoms with van der Waals surface area (Å²) in [6.45, 7) is 2.08. The van der Waals surface area contributed by atoms with E-state index < -0.39 is 0 Å². The van der Waals surface area contributed by atoms with Crippen molar-refractivity contribution in [2.24, 2.45) is 0 Å². The molecule has 3 rings (SSSR count). The fraction of sp³-hybridized carbons (Fsp3) is 0.188. The van der Waals surface area contributed by atoms with Crippen molar-refractivity contribution in [2.45, 2.75) is 19.3 Å². The van der Waals surface area contributed by atoms with Crippen LogP contribution in [0.5, 0.6) is 0 Å². The maximum Gasteiger partial charge on any atom is 0.225 e. The molecule has 0 aliphatic carbocycles. The van der Waals surface area contributed by atoms with Crippen LogP contribution in [0.3, 0.4) is 0 Å². The van der Waals surface area contributed by atoms with Gasteiger partial charge in [-0.15, -0.1) is 0 Å². The van der Waals surface area contributed by atoms with E-state index in [1.807, 2.05) is 18.2 Å². The average Bonchev–Trinajstić information content (AvgIpc) is 2.37. The maximum absolute atomic E-state index is 11.8.